The van der Waals surface area contributed by atoms with Gasteiger partial charge in [-0.05, 0) is 43.6 Å². The van der Waals surface area contributed by atoms with Crippen LogP contribution in [0.15, 0.2) is 24.3 Å². The van der Waals surface area contributed by atoms with Crippen LogP contribution in [0, 0.1) is 0 Å². The largest absolute Gasteiger partial charge is 0.352 e. The second-order valence-corrected chi connectivity index (χ2v) is 5.76. The summed E-state index contributed by atoms with van der Waals surface area (Å²) in [6.07, 6.45) is 3.86. The van der Waals surface area contributed by atoms with E-state index < -0.39 is 0 Å². The number of benzene rings is 1. The van der Waals surface area contributed by atoms with Crippen molar-refractivity contribution in [3.63, 3.8) is 0 Å². The Morgan fingerprint density at radius 3 is 2.36 bits per heavy atom. The van der Waals surface area contributed by atoms with Gasteiger partial charge in [-0.3, -0.25) is 9.59 Å². The van der Waals surface area contributed by atoms with Crippen LogP contribution in [0.1, 0.15) is 42.1 Å². The molecule has 2 rings (SSSR count). The lowest BCUT2D eigenvalue weighted by Gasteiger charge is -2.26. The molecule has 1 aromatic rings. The highest BCUT2D eigenvalue weighted by atomic mass is 16.2. The third kappa shape index (κ3) is 5.48. The first kappa shape index (κ1) is 16.5. The van der Waals surface area contributed by atoms with Crippen LogP contribution in [0.4, 0.5) is 0 Å². The Morgan fingerprint density at radius 2 is 1.73 bits per heavy atom. The van der Waals surface area contributed by atoms with E-state index in [9.17, 15) is 9.59 Å². The highest BCUT2D eigenvalue weighted by Crippen LogP contribution is 2.07. The van der Waals surface area contributed by atoms with Gasteiger partial charge in [0.05, 0.1) is 0 Å². The van der Waals surface area contributed by atoms with Gasteiger partial charge in [0.15, 0.2) is 0 Å². The summed E-state index contributed by atoms with van der Waals surface area (Å²) < 4.78 is 0. The summed E-state index contributed by atoms with van der Waals surface area (Å²) in [6, 6.07) is 7.34. The van der Waals surface area contributed by atoms with Crippen molar-refractivity contribution in [1.82, 2.24) is 15.5 Å². The van der Waals surface area contributed by atoms with Crippen molar-refractivity contribution in [2.45, 2.75) is 32.7 Å². The zero-order valence-corrected chi connectivity index (χ0v) is 13.2. The molecule has 0 atom stereocenters. The van der Waals surface area contributed by atoms with Crippen LogP contribution in [0.5, 0.6) is 0 Å². The van der Waals surface area contributed by atoms with E-state index in [-0.39, 0.29) is 11.8 Å². The van der Waals surface area contributed by atoms with Crippen LogP contribution in [0.3, 0.4) is 0 Å². The average molecular weight is 303 g/mol. The molecule has 1 aliphatic heterocycles. The molecule has 0 spiro atoms. The third-order valence-corrected chi connectivity index (χ3v) is 3.92. The first-order valence-corrected chi connectivity index (χ1v) is 7.99. The van der Waals surface area contributed by atoms with Crippen LogP contribution in [0.2, 0.25) is 0 Å². The van der Waals surface area contributed by atoms with Gasteiger partial charge in [0.1, 0.15) is 0 Å². The molecule has 1 fully saturated rings. The highest BCUT2D eigenvalue weighted by Gasteiger charge is 2.10. The van der Waals surface area contributed by atoms with E-state index in [1.807, 2.05) is 12.1 Å². The molecule has 0 saturated carbocycles. The molecule has 0 aromatic heterocycles. The van der Waals surface area contributed by atoms with E-state index in [2.05, 4.69) is 15.5 Å². The SMILES string of the molecule is CC(=O)NCc1ccc(C(=O)NCCN2CCCCC2)cc1. The minimum Gasteiger partial charge on any atom is -0.352 e. The van der Waals surface area contributed by atoms with Gasteiger partial charge in [-0.2, -0.15) is 0 Å². The van der Waals surface area contributed by atoms with E-state index >= 15 is 0 Å². The second kappa shape index (κ2) is 8.54. The smallest absolute Gasteiger partial charge is 0.251 e. The average Bonchev–Trinajstić information content (AvgIpc) is 2.54. The van der Waals surface area contributed by atoms with Crippen molar-refractivity contribution in [1.29, 1.82) is 0 Å². The first-order valence-electron chi connectivity index (χ1n) is 7.99. The molecule has 2 N–H and O–H groups in total. The summed E-state index contributed by atoms with van der Waals surface area (Å²) in [4.78, 5) is 25.3. The van der Waals surface area contributed by atoms with Crippen LogP contribution in [0.25, 0.3) is 0 Å². The van der Waals surface area contributed by atoms with Gasteiger partial charge in [0.25, 0.3) is 5.91 Å². The molecule has 1 heterocycles. The van der Waals surface area contributed by atoms with E-state index in [1.165, 1.54) is 26.2 Å². The Bertz CT molecular complexity index is 493. The Morgan fingerprint density at radius 1 is 1.05 bits per heavy atom. The lowest BCUT2D eigenvalue weighted by molar-refractivity contribution is -0.119. The van der Waals surface area contributed by atoms with Gasteiger partial charge < -0.3 is 15.5 Å². The summed E-state index contributed by atoms with van der Waals surface area (Å²) in [6.45, 7) is 5.89. The van der Waals surface area contributed by atoms with E-state index in [0.717, 1.165) is 25.2 Å². The van der Waals surface area contributed by atoms with Crippen molar-refractivity contribution < 1.29 is 9.59 Å². The van der Waals surface area contributed by atoms with Crippen LogP contribution in [-0.4, -0.2) is 42.9 Å². The standard InChI is InChI=1S/C17H25N3O2/c1-14(21)19-13-15-5-7-16(8-6-15)17(22)18-9-12-20-10-3-2-4-11-20/h5-8H,2-4,9-13H2,1H3,(H,18,22)(H,19,21). The topological polar surface area (TPSA) is 61.4 Å². The number of piperidine rings is 1. The van der Waals surface area contributed by atoms with Crippen molar-refractivity contribution in [2.24, 2.45) is 0 Å². The molecular weight excluding hydrogens is 278 g/mol. The van der Waals surface area contributed by atoms with E-state index in [0.29, 0.717) is 18.7 Å². The molecule has 5 nitrogen and oxygen atoms in total. The van der Waals surface area contributed by atoms with Crippen LogP contribution in [-0.2, 0) is 11.3 Å². The summed E-state index contributed by atoms with van der Waals surface area (Å²) in [7, 11) is 0. The quantitative estimate of drug-likeness (QED) is 0.838. The van der Waals surface area contributed by atoms with Crippen LogP contribution >= 0.6 is 0 Å². The van der Waals surface area contributed by atoms with Gasteiger partial charge in [-0.1, -0.05) is 18.6 Å². The highest BCUT2D eigenvalue weighted by molar-refractivity contribution is 5.94. The Balaban J connectivity index is 1.73. The number of hydrogen-bond donors (Lipinski definition) is 2. The van der Waals surface area contributed by atoms with E-state index in [4.69, 9.17) is 0 Å². The molecule has 0 radical (unpaired) electrons. The zero-order valence-electron chi connectivity index (χ0n) is 13.2. The van der Waals surface area contributed by atoms with Gasteiger partial charge in [0.2, 0.25) is 5.91 Å². The normalized spacial score (nSPS) is 15.3. The fourth-order valence-corrected chi connectivity index (χ4v) is 2.61. The minimum atomic E-state index is -0.0560. The number of likely N-dealkylation sites (tertiary alicyclic amines) is 1. The molecule has 0 unspecified atom stereocenters. The zero-order chi connectivity index (χ0) is 15.8. The van der Waals surface area contributed by atoms with E-state index in [1.54, 1.807) is 12.1 Å². The molecule has 0 bridgehead atoms. The number of hydrogen-bond acceptors (Lipinski definition) is 3. The van der Waals surface area contributed by atoms with Crippen molar-refractivity contribution in [3.8, 4) is 0 Å². The number of amides is 2. The fraction of sp³-hybridized carbons (Fsp3) is 0.529. The van der Waals surface area contributed by atoms with Crippen molar-refractivity contribution in [2.75, 3.05) is 26.2 Å². The van der Waals surface area contributed by atoms with Gasteiger partial charge >= 0.3 is 0 Å². The number of rotatable bonds is 6. The molecule has 2 amide bonds. The summed E-state index contributed by atoms with van der Waals surface area (Å²) in [5.74, 6) is -0.0948. The number of carbonyl (C=O) groups is 2. The fourth-order valence-electron chi connectivity index (χ4n) is 2.61. The maximum Gasteiger partial charge on any atom is 0.251 e. The predicted molar refractivity (Wildman–Crippen MR) is 86.6 cm³/mol. The molecule has 5 heteroatoms. The summed E-state index contributed by atoms with van der Waals surface area (Å²) in [5.41, 5.74) is 1.64. The molecule has 1 aromatic carbocycles. The van der Waals surface area contributed by atoms with Crippen molar-refractivity contribution in [3.05, 3.63) is 35.4 Å². The first-order chi connectivity index (χ1) is 10.6. The van der Waals surface area contributed by atoms with Gasteiger partial charge in [-0.15, -0.1) is 0 Å². The predicted octanol–water partition coefficient (Wildman–Crippen LogP) is 1.54. The maximum atomic E-state index is 12.1. The molecule has 1 saturated heterocycles. The molecule has 22 heavy (non-hydrogen) atoms. The lowest BCUT2D eigenvalue weighted by Crippen LogP contribution is -2.37. The molecule has 1 aliphatic rings. The Labute approximate surface area is 132 Å². The monoisotopic (exact) mass is 303 g/mol. The molecule has 0 aliphatic carbocycles. The lowest BCUT2D eigenvalue weighted by atomic mass is 10.1. The molecule has 120 valence electrons. The Kier molecular flexibility index (Phi) is 6.40. The third-order valence-electron chi connectivity index (χ3n) is 3.92. The van der Waals surface area contributed by atoms with Gasteiger partial charge in [0, 0.05) is 32.1 Å². The summed E-state index contributed by atoms with van der Waals surface area (Å²) >= 11 is 0. The number of carbonyl (C=O) groups excluding carboxylic acids is 2. The van der Waals surface area contributed by atoms with Crippen LogP contribution < -0.4 is 10.6 Å². The van der Waals surface area contributed by atoms with Gasteiger partial charge in [-0.25, -0.2) is 0 Å². The number of nitrogens with zero attached hydrogens (tertiary/aromatic N) is 1. The molecular formula is C17H25N3O2. The number of nitrogens with one attached hydrogen (secondary N) is 2. The second-order valence-electron chi connectivity index (χ2n) is 5.76. The Hall–Kier alpha value is -1.88. The minimum absolute atomic E-state index is 0.0388. The maximum absolute atomic E-state index is 12.1. The van der Waals surface area contributed by atoms with Crippen molar-refractivity contribution >= 4 is 11.8 Å². The summed E-state index contributed by atoms with van der Waals surface area (Å²) in [5, 5.41) is 5.70.